The van der Waals surface area contributed by atoms with Crippen molar-refractivity contribution in [2.24, 2.45) is 0 Å². The number of carbonyl (C=O) groups excluding carboxylic acids is 1. The summed E-state index contributed by atoms with van der Waals surface area (Å²) in [6.45, 7) is 8.86. The monoisotopic (exact) mass is 296 g/mol. The van der Waals surface area contributed by atoms with Gasteiger partial charge in [-0.3, -0.25) is 4.79 Å². The van der Waals surface area contributed by atoms with Crippen LogP contribution in [0.25, 0.3) is 0 Å². The highest BCUT2D eigenvalue weighted by molar-refractivity contribution is 5.94. The summed E-state index contributed by atoms with van der Waals surface area (Å²) in [7, 11) is 0. The van der Waals surface area contributed by atoms with E-state index in [-0.39, 0.29) is 5.91 Å². The van der Waals surface area contributed by atoms with Crippen molar-refractivity contribution in [3.63, 3.8) is 0 Å². The number of rotatable bonds is 6. The Kier molecular flexibility index (Phi) is 5.59. The van der Waals surface area contributed by atoms with E-state index in [1.807, 2.05) is 31.2 Å². The van der Waals surface area contributed by atoms with Crippen LogP contribution in [0.3, 0.4) is 0 Å². The van der Waals surface area contributed by atoms with Crippen molar-refractivity contribution in [1.29, 1.82) is 0 Å². The van der Waals surface area contributed by atoms with Crippen molar-refractivity contribution in [1.82, 2.24) is 5.32 Å². The summed E-state index contributed by atoms with van der Waals surface area (Å²) < 4.78 is 0. The van der Waals surface area contributed by atoms with Crippen molar-refractivity contribution in [3.05, 3.63) is 65.2 Å². The molecule has 3 heteroatoms. The Morgan fingerprint density at radius 2 is 1.55 bits per heavy atom. The normalized spacial score (nSPS) is 10.3. The molecule has 0 saturated heterocycles. The van der Waals surface area contributed by atoms with Gasteiger partial charge in [0.05, 0.1) is 0 Å². The molecule has 1 amide bonds. The first-order chi connectivity index (χ1) is 10.6. The molecule has 0 bridgehead atoms. The standard InChI is InChI=1S/C19H24N2O/c1-4-21(5-2)18-12-8-16(9-13-18)14-20-19(22)17-10-6-15(3)7-11-17/h6-13H,4-5,14H2,1-3H3,(H,20,22). The van der Waals surface area contributed by atoms with Crippen LogP contribution in [0.15, 0.2) is 48.5 Å². The van der Waals surface area contributed by atoms with Gasteiger partial charge >= 0.3 is 0 Å². The average molecular weight is 296 g/mol. The van der Waals surface area contributed by atoms with E-state index in [2.05, 4.69) is 48.3 Å². The largest absolute Gasteiger partial charge is 0.372 e. The molecule has 2 aromatic rings. The molecule has 0 radical (unpaired) electrons. The summed E-state index contributed by atoms with van der Waals surface area (Å²) >= 11 is 0. The maximum absolute atomic E-state index is 12.1. The van der Waals surface area contributed by atoms with E-state index in [9.17, 15) is 4.79 Å². The number of benzene rings is 2. The fourth-order valence-electron chi connectivity index (χ4n) is 2.40. The van der Waals surface area contributed by atoms with E-state index >= 15 is 0 Å². The lowest BCUT2D eigenvalue weighted by Gasteiger charge is -2.21. The molecule has 0 aliphatic rings. The number of aryl methyl sites for hydroxylation is 1. The van der Waals surface area contributed by atoms with Gasteiger partial charge in [0, 0.05) is 30.9 Å². The van der Waals surface area contributed by atoms with E-state index in [0.717, 1.165) is 24.2 Å². The Morgan fingerprint density at radius 3 is 2.09 bits per heavy atom. The average Bonchev–Trinajstić information content (AvgIpc) is 2.55. The molecule has 0 atom stereocenters. The highest BCUT2D eigenvalue weighted by atomic mass is 16.1. The molecule has 2 aromatic carbocycles. The topological polar surface area (TPSA) is 32.3 Å². The quantitative estimate of drug-likeness (QED) is 0.880. The van der Waals surface area contributed by atoms with E-state index in [1.54, 1.807) is 0 Å². The zero-order valence-corrected chi connectivity index (χ0v) is 13.6. The molecule has 0 spiro atoms. The van der Waals surface area contributed by atoms with Crippen molar-refractivity contribution >= 4 is 11.6 Å². The lowest BCUT2D eigenvalue weighted by molar-refractivity contribution is 0.0951. The van der Waals surface area contributed by atoms with E-state index in [4.69, 9.17) is 0 Å². The van der Waals surface area contributed by atoms with Gasteiger partial charge < -0.3 is 10.2 Å². The Hall–Kier alpha value is -2.29. The maximum atomic E-state index is 12.1. The predicted octanol–water partition coefficient (Wildman–Crippen LogP) is 3.77. The Morgan fingerprint density at radius 1 is 0.955 bits per heavy atom. The summed E-state index contributed by atoms with van der Waals surface area (Å²) in [5.74, 6) is -0.0344. The highest BCUT2D eigenvalue weighted by Crippen LogP contribution is 2.15. The molecule has 1 N–H and O–H groups in total. The first kappa shape index (κ1) is 16.1. The number of hydrogen-bond donors (Lipinski definition) is 1. The van der Waals surface area contributed by atoms with Crippen LogP contribution < -0.4 is 10.2 Å². The molecular formula is C19H24N2O. The molecule has 3 nitrogen and oxygen atoms in total. The zero-order chi connectivity index (χ0) is 15.9. The summed E-state index contributed by atoms with van der Waals surface area (Å²) in [5.41, 5.74) is 4.18. The van der Waals surface area contributed by atoms with E-state index in [1.165, 1.54) is 5.69 Å². The van der Waals surface area contributed by atoms with Crippen LogP contribution in [0.1, 0.15) is 35.3 Å². The second-order valence-corrected chi connectivity index (χ2v) is 5.39. The van der Waals surface area contributed by atoms with Crippen molar-refractivity contribution in [2.45, 2.75) is 27.3 Å². The molecule has 0 fully saturated rings. The number of nitrogens with zero attached hydrogens (tertiary/aromatic N) is 1. The minimum absolute atomic E-state index is 0.0344. The first-order valence-corrected chi connectivity index (χ1v) is 7.82. The molecule has 0 aliphatic carbocycles. The third-order valence-electron chi connectivity index (χ3n) is 3.83. The summed E-state index contributed by atoms with van der Waals surface area (Å²) in [5, 5.41) is 2.96. The van der Waals surface area contributed by atoms with Crippen LogP contribution in [0.5, 0.6) is 0 Å². The Labute approximate surface area is 133 Å². The van der Waals surface area contributed by atoms with Crippen LogP contribution >= 0.6 is 0 Å². The molecule has 116 valence electrons. The van der Waals surface area contributed by atoms with Gasteiger partial charge in [-0.1, -0.05) is 29.8 Å². The van der Waals surface area contributed by atoms with E-state index < -0.39 is 0 Å². The van der Waals surface area contributed by atoms with Crippen molar-refractivity contribution < 1.29 is 4.79 Å². The van der Waals surface area contributed by atoms with Gasteiger partial charge in [-0.05, 0) is 50.6 Å². The lowest BCUT2D eigenvalue weighted by atomic mass is 10.1. The van der Waals surface area contributed by atoms with E-state index in [0.29, 0.717) is 12.1 Å². The second-order valence-electron chi connectivity index (χ2n) is 5.39. The molecule has 0 saturated carbocycles. The van der Waals surface area contributed by atoms with Gasteiger partial charge in [0.15, 0.2) is 0 Å². The molecule has 0 unspecified atom stereocenters. The van der Waals surface area contributed by atoms with Crippen LogP contribution in [0.4, 0.5) is 5.69 Å². The number of nitrogens with one attached hydrogen (secondary N) is 1. The SMILES string of the molecule is CCN(CC)c1ccc(CNC(=O)c2ccc(C)cc2)cc1. The van der Waals surface area contributed by atoms with Gasteiger partial charge in [-0.15, -0.1) is 0 Å². The molecule has 22 heavy (non-hydrogen) atoms. The summed E-state index contributed by atoms with van der Waals surface area (Å²) in [6, 6.07) is 16.0. The molecular weight excluding hydrogens is 272 g/mol. The minimum atomic E-state index is -0.0344. The second kappa shape index (κ2) is 7.64. The highest BCUT2D eigenvalue weighted by Gasteiger charge is 2.05. The number of carbonyl (C=O) groups is 1. The third-order valence-corrected chi connectivity index (χ3v) is 3.83. The lowest BCUT2D eigenvalue weighted by Crippen LogP contribution is -2.23. The minimum Gasteiger partial charge on any atom is -0.372 e. The van der Waals surface area contributed by atoms with Crippen LogP contribution in [-0.2, 0) is 6.54 Å². The fourth-order valence-corrected chi connectivity index (χ4v) is 2.40. The molecule has 2 rings (SSSR count). The first-order valence-electron chi connectivity index (χ1n) is 7.82. The summed E-state index contributed by atoms with van der Waals surface area (Å²) in [6.07, 6.45) is 0. The smallest absolute Gasteiger partial charge is 0.251 e. The number of amides is 1. The van der Waals surface area contributed by atoms with Crippen LogP contribution in [0, 0.1) is 6.92 Å². The molecule has 0 aromatic heterocycles. The van der Waals surface area contributed by atoms with Crippen LogP contribution in [-0.4, -0.2) is 19.0 Å². The van der Waals surface area contributed by atoms with Gasteiger partial charge in [0.25, 0.3) is 5.91 Å². The molecule has 0 aliphatic heterocycles. The Bertz CT molecular complexity index is 598. The van der Waals surface area contributed by atoms with Crippen molar-refractivity contribution in [2.75, 3.05) is 18.0 Å². The van der Waals surface area contributed by atoms with Crippen molar-refractivity contribution in [3.8, 4) is 0 Å². The zero-order valence-electron chi connectivity index (χ0n) is 13.6. The third kappa shape index (κ3) is 4.10. The maximum Gasteiger partial charge on any atom is 0.251 e. The molecule has 0 heterocycles. The van der Waals surface area contributed by atoms with Gasteiger partial charge in [-0.2, -0.15) is 0 Å². The predicted molar refractivity (Wildman–Crippen MR) is 92.4 cm³/mol. The number of hydrogen-bond acceptors (Lipinski definition) is 2. The fraction of sp³-hybridized carbons (Fsp3) is 0.316. The van der Waals surface area contributed by atoms with Gasteiger partial charge in [-0.25, -0.2) is 0 Å². The van der Waals surface area contributed by atoms with Gasteiger partial charge in [0.1, 0.15) is 0 Å². The summed E-state index contributed by atoms with van der Waals surface area (Å²) in [4.78, 5) is 14.4. The Balaban J connectivity index is 1.94. The van der Waals surface area contributed by atoms with Crippen LogP contribution in [0.2, 0.25) is 0 Å². The van der Waals surface area contributed by atoms with Gasteiger partial charge in [0.2, 0.25) is 0 Å². The number of anilines is 1.